The molecule has 22 heavy (non-hydrogen) atoms. The Morgan fingerprint density at radius 3 is 2.09 bits per heavy atom. The van der Waals surface area contributed by atoms with Gasteiger partial charge in [-0.1, -0.05) is 24.3 Å². The van der Waals surface area contributed by atoms with Gasteiger partial charge in [0.1, 0.15) is 11.5 Å². The van der Waals surface area contributed by atoms with Crippen molar-refractivity contribution in [3.8, 4) is 11.5 Å². The first-order chi connectivity index (χ1) is 10.7. The summed E-state index contributed by atoms with van der Waals surface area (Å²) < 4.78 is 6.01. The summed E-state index contributed by atoms with van der Waals surface area (Å²) in [5.74, 6) is 1.06. The molecule has 0 bridgehead atoms. The van der Waals surface area contributed by atoms with E-state index in [4.69, 9.17) is 4.74 Å². The highest BCUT2D eigenvalue weighted by atomic mass is 16.5. The molecule has 1 aliphatic rings. The van der Waals surface area contributed by atoms with E-state index < -0.39 is 0 Å². The van der Waals surface area contributed by atoms with Crippen molar-refractivity contribution in [1.29, 1.82) is 0 Å². The highest BCUT2D eigenvalue weighted by Gasteiger charge is 2.22. The molecule has 3 nitrogen and oxygen atoms in total. The molecule has 116 valence electrons. The van der Waals surface area contributed by atoms with Crippen LogP contribution in [0, 0.1) is 0 Å². The molecular weight excluding hydrogens is 276 g/mol. The molecule has 1 heterocycles. The number of aryl methyl sites for hydroxylation is 1. The summed E-state index contributed by atoms with van der Waals surface area (Å²) in [6.07, 6.45) is 4.53. The molecule has 0 saturated carbocycles. The Morgan fingerprint density at radius 1 is 0.864 bits per heavy atom. The third-order valence-electron chi connectivity index (χ3n) is 4.43. The highest BCUT2D eigenvalue weighted by Crippen LogP contribution is 2.30. The lowest BCUT2D eigenvalue weighted by molar-refractivity contribution is -0.000564. The second-order valence-electron chi connectivity index (χ2n) is 6.03. The van der Waals surface area contributed by atoms with Crippen LogP contribution in [-0.2, 0) is 11.2 Å². The third-order valence-corrected chi connectivity index (χ3v) is 4.43. The zero-order valence-corrected chi connectivity index (χ0v) is 12.6. The Bertz CT molecular complexity index is 581. The van der Waals surface area contributed by atoms with Crippen molar-refractivity contribution in [2.45, 2.75) is 37.7 Å². The maximum Gasteiger partial charge on any atom is 0.115 e. The van der Waals surface area contributed by atoms with E-state index in [2.05, 4.69) is 0 Å². The van der Waals surface area contributed by atoms with Crippen LogP contribution < -0.4 is 0 Å². The van der Waals surface area contributed by atoms with Gasteiger partial charge in [-0.15, -0.1) is 0 Å². The summed E-state index contributed by atoms with van der Waals surface area (Å²) in [5, 5.41) is 18.6. The Hall–Kier alpha value is -2.00. The third kappa shape index (κ3) is 3.80. The minimum atomic E-state index is 0.312. The SMILES string of the molecule is Oc1ccc(CC[C@@H]2CC[C@@H](c3ccc(O)cc3)CO2)cc1. The highest BCUT2D eigenvalue weighted by molar-refractivity contribution is 5.29. The molecule has 1 saturated heterocycles. The standard InChI is InChI=1S/C19H22O3/c20-17-7-1-14(2-8-17)3-11-19-12-6-16(13-22-19)15-4-9-18(21)10-5-15/h1-2,4-5,7-10,16,19-21H,3,6,11-13H2/t16-,19-/m1/s1. The van der Waals surface area contributed by atoms with Crippen LogP contribution in [-0.4, -0.2) is 22.9 Å². The molecule has 2 aromatic carbocycles. The fourth-order valence-electron chi connectivity index (χ4n) is 3.03. The second kappa shape index (κ2) is 6.84. The van der Waals surface area contributed by atoms with Gasteiger partial charge >= 0.3 is 0 Å². The average molecular weight is 298 g/mol. The minimum absolute atomic E-state index is 0.312. The van der Waals surface area contributed by atoms with Gasteiger partial charge in [0.2, 0.25) is 0 Å². The maximum atomic E-state index is 9.35. The summed E-state index contributed by atoms with van der Waals surface area (Å²) in [6.45, 7) is 0.755. The summed E-state index contributed by atoms with van der Waals surface area (Å²) in [5.41, 5.74) is 2.48. The van der Waals surface area contributed by atoms with Crippen molar-refractivity contribution in [3.05, 3.63) is 59.7 Å². The fourth-order valence-corrected chi connectivity index (χ4v) is 3.03. The number of hydrogen-bond acceptors (Lipinski definition) is 3. The lowest BCUT2D eigenvalue weighted by Crippen LogP contribution is -2.25. The smallest absolute Gasteiger partial charge is 0.115 e. The molecule has 3 heteroatoms. The van der Waals surface area contributed by atoms with Gasteiger partial charge in [-0.3, -0.25) is 0 Å². The molecule has 2 aromatic rings. The maximum absolute atomic E-state index is 9.35. The quantitative estimate of drug-likeness (QED) is 0.897. The van der Waals surface area contributed by atoms with Crippen LogP contribution in [0.4, 0.5) is 0 Å². The van der Waals surface area contributed by atoms with Gasteiger partial charge in [0.05, 0.1) is 12.7 Å². The molecule has 2 atom stereocenters. The van der Waals surface area contributed by atoms with E-state index in [0.717, 1.165) is 32.3 Å². The summed E-state index contributed by atoms with van der Waals surface area (Å²) >= 11 is 0. The number of hydrogen-bond donors (Lipinski definition) is 2. The van der Waals surface area contributed by atoms with E-state index in [1.165, 1.54) is 11.1 Å². The van der Waals surface area contributed by atoms with Gasteiger partial charge in [-0.2, -0.15) is 0 Å². The van der Waals surface area contributed by atoms with Crippen LogP contribution >= 0.6 is 0 Å². The van der Waals surface area contributed by atoms with Crippen molar-refractivity contribution in [1.82, 2.24) is 0 Å². The van der Waals surface area contributed by atoms with E-state index in [1.54, 1.807) is 24.3 Å². The first-order valence-electron chi connectivity index (χ1n) is 7.89. The molecule has 0 amide bonds. The monoisotopic (exact) mass is 298 g/mol. The van der Waals surface area contributed by atoms with Gasteiger partial charge in [0.25, 0.3) is 0 Å². The predicted octanol–water partition coefficient (Wildman–Crippen LogP) is 3.99. The second-order valence-corrected chi connectivity index (χ2v) is 6.03. The van der Waals surface area contributed by atoms with E-state index in [1.807, 2.05) is 24.3 Å². The van der Waals surface area contributed by atoms with E-state index in [-0.39, 0.29) is 0 Å². The Balaban J connectivity index is 1.47. The van der Waals surface area contributed by atoms with Crippen LogP contribution in [0.1, 0.15) is 36.3 Å². The van der Waals surface area contributed by atoms with Crippen molar-refractivity contribution in [3.63, 3.8) is 0 Å². The molecule has 1 fully saturated rings. The summed E-state index contributed by atoms with van der Waals surface area (Å²) in [6, 6.07) is 14.9. The normalized spacial score (nSPS) is 21.6. The lowest BCUT2D eigenvalue weighted by Gasteiger charge is -2.29. The summed E-state index contributed by atoms with van der Waals surface area (Å²) in [4.78, 5) is 0. The van der Waals surface area contributed by atoms with E-state index in [9.17, 15) is 10.2 Å². The lowest BCUT2D eigenvalue weighted by atomic mass is 9.90. The minimum Gasteiger partial charge on any atom is -0.508 e. The van der Waals surface area contributed by atoms with Crippen LogP contribution in [0.3, 0.4) is 0 Å². The predicted molar refractivity (Wildman–Crippen MR) is 86.2 cm³/mol. The Morgan fingerprint density at radius 2 is 1.50 bits per heavy atom. The molecule has 0 unspecified atom stereocenters. The Labute approximate surface area is 131 Å². The number of aromatic hydroxyl groups is 2. The van der Waals surface area contributed by atoms with Crippen LogP contribution in [0.5, 0.6) is 11.5 Å². The first-order valence-corrected chi connectivity index (χ1v) is 7.89. The molecule has 0 spiro atoms. The van der Waals surface area contributed by atoms with Crippen molar-refractivity contribution >= 4 is 0 Å². The van der Waals surface area contributed by atoms with Gasteiger partial charge < -0.3 is 14.9 Å². The molecule has 1 aliphatic heterocycles. The van der Waals surface area contributed by atoms with E-state index >= 15 is 0 Å². The molecule has 0 radical (unpaired) electrons. The molecule has 2 N–H and O–H groups in total. The Kier molecular flexibility index (Phi) is 4.64. The molecule has 3 rings (SSSR count). The van der Waals surface area contributed by atoms with Crippen LogP contribution in [0.25, 0.3) is 0 Å². The number of ether oxygens (including phenoxy) is 1. The zero-order valence-electron chi connectivity index (χ0n) is 12.6. The van der Waals surface area contributed by atoms with Gasteiger partial charge in [0.15, 0.2) is 0 Å². The first kappa shape index (κ1) is 14.9. The van der Waals surface area contributed by atoms with Gasteiger partial charge in [0, 0.05) is 5.92 Å². The topological polar surface area (TPSA) is 49.7 Å². The number of phenolic OH excluding ortho intramolecular Hbond substituents is 2. The van der Waals surface area contributed by atoms with Crippen molar-refractivity contribution in [2.24, 2.45) is 0 Å². The van der Waals surface area contributed by atoms with Crippen molar-refractivity contribution < 1.29 is 14.9 Å². The van der Waals surface area contributed by atoms with Crippen LogP contribution in [0.2, 0.25) is 0 Å². The van der Waals surface area contributed by atoms with E-state index in [0.29, 0.717) is 23.5 Å². The number of phenols is 2. The molecule has 0 aliphatic carbocycles. The molecular formula is C19H22O3. The largest absolute Gasteiger partial charge is 0.508 e. The summed E-state index contributed by atoms with van der Waals surface area (Å²) in [7, 11) is 0. The van der Waals surface area contributed by atoms with Crippen LogP contribution in [0.15, 0.2) is 48.5 Å². The zero-order chi connectivity index (χ0) is 15.4. The van der Waals surface area contributed by atoms with Gasteiger partial charge in [-0.25, -0.2) is 0 Å². The van der Waals surface area contributed by atoms with Crippen molar-refractivity contribution in [2.75, 3.05) is 6.61 Å². The van der Waals surface area contributed by atoms with Gasteiger partial charge in [-0.05, 0) is 61.1 Å². The fraction of sp³-hybridized carbons (Fsp3) is 0.368. The molecule has 0 aromatic heterocycles. The average Bonchev–Trinajstić information content (AvgIpc) is 2.56. The number of benzene rings is 2. The number of rotatable bonds is 4.